The third-order valence-corrected chi connectivity index (χ3v) is 4.78. The summed E-state index contributed by atoms with van der Waals surface area (Å²) in [5, 5.41) is 14.1. The molecule has 1 unspecified atom stereocenters. The summed E-state index contributed by atoms with van der Waals surface area (Å²) >= 11 is 0. The van der Waals surface area contributed by atoms with Gasteiger partial charge in [-0.1, -0.05) is 6.07 Å². The number of carbonyl (C=O) groups is 5. The summed E-state index contributed by atoms with van der Waals surface area (Å²) in [6.45, 7) is 0.709. The molecular weight excluding hydrogens is 368 g/mol. The van der Waals surface area contributed by atoms with Crippen LogP contribution in [0.4, 0.5) is 10.5 Å². The van der Waals surface area contributed by atoms with Crippen molar-refractivity contribution in [2.45, 2.75) is 25.3 Å². The molecule has 1 aromatic carbocycles. The zero-order valence-electron chi connectivity index (χ0n) is 15.2. The first-order valence-electron chi connectivity index (χ1n) is 8.83. The van der Waals surface area contributed by atoms with E-state index in [1.807, 2.05) is 0 Å². The lowest BCUT2D eigenvalue weighted by molar-refractivity contribution is -0.136. The van der Waals surface area contributed by atoms with Gasteiger partial charge in [-0.3, -0.25) is 29.4 Å². The molecule has 10 nitrogen and oxygen atoms in total. The maximum absolute atomic E-state index is 12.9. The van der Waals surface area contributed by atoms with Crippen molar-refractivity contribution in [2.75, 3.05) is 25.5 Å². The predicted molar refractivity (Wildman–Crippen MR) is 96.9 cm³/mol. The molecule has 2 aliphatic rings. The highest BCUT2D eigenvalue weighted by molar-refractivity contribution is 6.25. The molecule has 3 rings (SSSR count). The number of benzene rings is 1. The minimum absolute atomic E-state index is 0.0615. The smallest absolute Gasteiger partial charge is 0.407 e. The Morgan fingerprint density at radius 1 is 1.29 bits per heavy atom. The van der Waals surface area contributed by atoms with Crippen molar-refractivity contribution >= 4 is 35.4 Å². The normalized spacial score (nSPS) is 18.8. The highest BCUT2D eigenvalue weighted by Crippen LogP contribution is 2.32. The molecule has 1 aromatic rings. The molecule has 2 heterocycles. The Morgan fingerprint density at radius 2 is 2.04 bits per heavy atom. The lowest BCUT2D eigenvalue weighted by Crippen LogP contribution is -2.54. The number of hydrogen-bond acceptors (Lipinski definition) is 6. The number of carboxylic acid groups (broad SMARTS) is 1. The van der Waals surface area contributed by atoms with Crippen molar-refractivity contribution in [2.24, 2.45) is 0 Å². The number of piperidine rings is 1. The summed E-state index contributed by atoms with van der Waals surface area (Å²) in [6.07, 6.45) is -0.362. The van der Waals surface area contributed by atoms with Gasteiger partial charge in [0, 0.05) is 32.2 Å². The van der Waals surface area contributed by atoms with E-state index in [1.165, 1.54) is 13.1 Å². The maximum atomic E-state index is 12.9. The monoisotopic (exact) mass is 388 g/mol. The van der Waals surface area contributed by atoms with Crippen molar-refractivity contribution in [3.8, 4) is 0 Å². The van der Waals surface area contributed by atoms with Crippen LogP contribution >= 0.6 is 0 Å². The van der Waals surface area contributed by atoms with Crippen molar-refractivity contribution in [3.63, 3.8) is 0 Å². The molecule has 3 N–H and O–H groups in total. The van der Waals surface area contributed by atoms with Crippen LogP contribution in [-0.4, -0.2) is 70.8 Å². The topological polar surface area (TPSA) is 136 Å². The number of rotatable bonds is 6. The minimum atomic E-state index is -1.03. The van der Waals surface area contributed by atoms with Crippen LogP contribution < -0.4 is 10.6 Å². The summed E-state index contributed by atoms with van der Waals surface area (Å²) in [5.41, 5.74) is 0.828. The van der Waals surface area contributed by atoms with Gasteiger partial charge in [0.15, 0.2) is 0 Å². The van der Waals surface area contributed by atoms with Crippen molar-refractivity contribution in [1.29, 1.82) is 0 Å². The number of anilines is 1. The van der Waals surface area contributed by atoms with E-state index in [0.29, 0.717) is 25.2 Å². The molecule has 2 aliphatic heterocycles. The largest absolute Gasteiger partial charge is 0.465 e. The van der Waals surface area contributed by atoms with Gasteiger partial charge in [0.05, 0.1) is 11.1 Å². The van der Waals surface area contributed by atoms with Crippen LogP contribution in [0, 0.1) is 0 Å². The molecule has 1 atom stereocenters. The number of hydrogen-bond donors (Lipinski definition) is 3. The molecular formula is C18H20N4O6. The second-order valence-electron chi connectivity index (χ2n) is 6.66. The molecule has 10 heteroatoms. The van der Waals surface area contributed by atoms with E-state index in [4.69, 9.17) is 5.11 Å². The Labute approximate surface area is 160 Å². The van der Waals surface area contributed by atoms with E-state index < -0.39 is 35.8 Å². The molecule has 1 fully saturated rings. The average Bonchev–Trinajstić information content (AvgIpc) is 2.90. The second kappa shape index (κ2) is 7.67. The second-order valence-corrected chi connectivity index (χ2v) is 6.66. The Hall–Kier alpha value is -3.43. The van der Waals surface area contributed by atoms with Crippen LogP contribution in [0.2, 0.25) is 0 Å². The van der Waals surface area contributed by atoms with E-state index in [-0.39, 0.29) is 24.0 Å². The number of carbonyl (C=O) groups excluding carboxylic acids is 4. The lowest BCUT2D eigenvalue weighted by atomic mass is 10.0. The molecule has 148 valence electrons. The maximum Gasteiger partial charge on any atom is 0.407 e. The van der Waals surface area contributed by atoms with Gasteiger partial charge < -0.3 is 15.3 Å². The lowest BCUT2D eigenvalue weighted by Gasteiger charge is -2.27. The van der Waals surface area contributed by atoms with Crippen LogP contribution in [0.15, 0.2) is 18.2 Å². The molecule has 5 amide bonds. The summed E-state index contributed by atoms with van der Waals surface area (Å²) in [4.78, 5) is 61.9. The fourth-order valence-electron chi connectivity index (χ4n) is 3.30. The standard InChI is InChI=1S/C18H20N4O6/c1-21(18(27)28)9-3-8-19-11-5-2-4-10-14(11)17(26)22(16(10)25)12-6-7-13(23)20-15(12)24/h2,4-5,12,19H,3,6-9H2,1H3,(H,27,28)(H,20,23,24). The molecule has 0 saturated carbocycles. The summed E-state index contributed by atoms with van der Waals surface area (Å²) < 4.78 is 0. The Kier molecular flexibility index (Phi) is 5.30. The molecule has 0 aliphatic carbocycles. The van der Waals surface area contributed by atoms with Gasteiger partial charge >= 0.3 is 6.09 Å². The molecule has 1 saturated heterocycles. The molecule has 0 aromatic heterocycles. The van der Waals surface area contributed by atoms with Crippen molar-refractivity contribution in [3.05, 3.63) is 29.3 Å². The van der Waals surface area contributed by atoms with Crippen LogP contribution in [-0.2, 0) is 9.59 Å². The number of amides is 5. The number of nitrogens with one attached hydrogen (secondary N) is 2. The van der Waals surface area contributed by atoms with Crippen LogP contribution in [0.5, 0.6) is 0 Å². The number of imide groups is 2. The first-order chi connectivity index (χ1) is 13.3. The van der Waals surface area contributed by atoms with E-state index in [9.17, 15) is 24.0 Å². The third-order valence-electron chi connectivity index (χ3n) is 4.78. The number of fused-ring (bicyclic) bond motifs is 1. The van der Waals surface area contributed by atoms with Gasteiger partial charge in [-0.2, -0.15) is 0 Å². The molecule has 28 heavy (non-hydrogen) atoms. The predicted octanol–water partition coefficient (Wildman–Crippen LogP) is 0.500. The Balaban J connectivity index is 1.74. The van der Waals surface area contributed by atoms with Crippen LogP contribution in [0.3, 0.4) is 0 Å². The molecule has 0 spiro atoms. The van der Waals surface area contributed by atoms with E-state index in [0.717, 1.165) is 9.80 Å². The van der Waals surface area contributed by atoms with E-state index in [1.54, 1.807) is 12.1 Å². The average molecular weight is 388 g/mol. The number of nitrogens with zero attached hydrogens (tertiary/aromatic N) is 2. The first-order valence-corrected chi connectivity index (χ1v) is 8.83. The quantitative estimate of drug-likeness (QED) is 0.477. The fraction of sp³-hybridized carbons (Fsp3) is 0.389. The van der Waals surface area contributed by atoms with Gasteiger partial charge in [-0.15, -0.1) is 0 Å². The summed E-state index contributed by atoms with van der Waals surface area (Å²) in [6, 6.07) is 3.79. The van der Waals surface area contributed by atoms with Gasteiger partial charge in [-0.05, 0) is 25.0 Å². The van der Waals surface area contributed by atoms with E-state index in [2.05, 4.69) is 10.6 Å². The fourth-order valence-corrected chi connectivity index (χ4v) is 3.30. The third kappa shape index (κ3) is 3.53. The van der Waals surface area contributed by atoms with Crippen LogP contribution in [0.1, 0.15) is 40.0 Å². The zero-order valence-corrected chi connectivity index (χ0v) is 15.2. The molecule has 0 bridgehead atoms. The van der Waals surface area contributed by atoms with Gasteiger partial charge in [-0.25, -0.2) is 4.79 Å². The minimum Gasteiger partial charge on any atom is -0.465 e. The first kappa shape index (κ1) is 19.3. The highest BCUT2D eigenvalue weighted by Gasteiger charge is 2.45. The van der Waals surface area contributed by atoms with Gasteiger partial charge in [0.2, 0.25) is 11.8 Å². The Morgan fingerprint density at radius 3 is 2.71 bits per heavy atom. The van der Waals surface area contributed by atoms with Gasteiger partial charge in [0.25, 0.3) is 11.8 Å². The Bertz CT molecular complexity index is 868. The highest BCUT2D eigenvalue weighted by atomic mass is 16.4. The zero-order chi connectivity index (χ0) is 20.4. The summed E-state index contributed by atoms with van der Waals surface area (Å²) in [5.74, 6) is -2.23. The van der Waals surface area contributed by atoms with Crippen molar-refractivity contribution in [1.82, 2.24) is 15.1 Å². The molecule has 0 radical (unpaired) electrons. The SMILES string of the molecule is CN(CCCNc1cccc2c1C(=O)N(C1CCC(=O)NC1=O)C2=O)C(=O)O. The summed E-state index contributed by atoms with van der Waals surface area (Å²) in [7, 11) is 1.46. The van der Waals surface area contributed by atoms with Gasteiger partial charge in [0.1, 0.15) is 6.04 Å². The van der Waals surface area contributed by atoms with Crippen molar-refractivity contribution < 1.29 is 29.1 Å². The van der Waals surface area contributed by atoms with Crippen LogP contribution in [0.25, 0.3) is 0 Å². The van der Waals surface area contributed by atoms with E-state index >= 15 is 0 Å².